The van der Waals surface area contributed by atoms with E-state index < -0.39 is 6.10 Å². The summed E-state index contributed by atoms with van der Waals surface area (Å²) < 4.78 is 10.9. The number of carbonyl (C=O) groups is 1. The zero-order valence-corrected chi connectivity index (χ0v) is 14.8. The average Bonchev–Trinajstić information content (AvgIpc) is 3.03. The highest BCUT2D eigenvalue weighted by Crippen LogP contribution is 2.37. The van der Waals surface area contributed by atoms with E-state index in [4.69, 9.17) is 20.5 Å². The summed E-state index contributed by atoms with van der Waals surface area (Å²) in [6, 6.07) is 15.0. The Bertz CT molecular complexity index is 860. The molecule has 0 radical (unpaired) electrons. The first kappa shape index (κ1) is 17.6. The van der Waals surface area contributed by atoms with Gasteiger partial charge in [0.15, 0.2) is 17.6 Å². The number of hydrogen-bond acceptors (Lipinski definition) is 5. The minimum atomic E-state index is -0.590. The van der Waals surface area contributed by atoms with E-state index in [1.807, 2.05) is 36.4 Å². The number of amides is 1. The Balaban J connectivity index is 1.85. The minimum absolute atomic E-state index is 0.0366. The number of ether oxygens (including phenoxy) is 2. The summed E-state index contributed by atoms with van der Waals surface area (Å²) in [6.07, 6.45) is -0.179. The van der Waals surface area contributed by atoms with Gasteiger partial charge in [0.05, 0.1) is 7.11 Å². The lowest BCUT2D eigenvalue weighted by atomic mass is 9.98. The lowest BCUT2D eigenvalue weighted by molar-refractivity contribution is -0.117. The largest absolute Gasteiger partial charge is 0.493 e. The first-order chi connectivity index (χ1) is 12.5. The van der Waals surface area contributed by atoms with Crippen molar-refractivity contribution < 1.29 is 14.3 Å². The van der Waals surface area contributed by atoms with Crippen LogP contribution in [0.25, 0.3) is 0 Å². The lowest BCUT2D eigenvalue weighted by Gasteiger charge is -2.18. The molecule has 134 valence electrons. The van der Waals surface area contributed by atoms with Crippen LogP contribution in [-0.4, -0.2) is 25.7 Å². The van der Waals surface area contributed by atoms with Gasteiger partial charge < -0.3 is 20.1 Å². The van der Waals surface area contributed by atoms with E-state index in [9.17, 15) is 4.79 Å². The van der Waals surface area contributed by atoms with Gasteiger partial charge in [0, 0.05) is 30.3 Å². The molecule has 1 heterocycles. The van der Waals surface area contributed by atoms with Gasteiger partial charge in [-0.1, -0.05) is 12.1 Å². The van der Waals surface area contributed by atoms with E-state index in [1.165, 1.54) is 0 Å². The van der Waals surface area contributed by atoms with E-state index in [0.717, 1.165) is 11.3 Å². The SMILES string of the molecule is COc1ccc(C2CC(=O)N(c3cccc(N)c3)C2)cc1OC(C)C#N. The van der Waals surface area contributed by atoms with Gasteiger partial charge in [-0.15, -0.1) is 0 Å². The van der Waals surface area contributed by atoms with Crippen LogP contribution in [0.3, 0.4) is 0 Å². The predicted molar refractivity (Wildman–Crippen MR) is 99.3 cm³/mol. The van der Waals surface area contributed by atoms with Crippen LogP contribution in [0.1, 0.15) is 24.8 Å². The normalized spacial score (nSPS) is 17.7. The molecule has 2 atom stereocenters. The average molecular weight is 351 g/mol. The Morgan fingerprint density at radius 3 is 2.77 bits per heavy atom. The Hall–Kier alpha value is -3.20. The molecule has 1 amide bonds. The predicted octanol–water partition coefficient (Wildman–Crippen LogP) is 3.09. The van der Waals surface area contributed by atoms with E-state index in [0.29, 0.717) is 30.2 Å². The van der Waals surface area contributed by atoms with E-state index >= 15 is 0 Å². The third-order valence-electron chi connectivity index (χ3n) is 4.45. The van der Waals surface area contributed by atoms with E-state index in [1.54, 1.807) is 31.1 Å². The maximum atomic E-state index is 12.5. The van der Waals surface area contributed by atoms with Gasteiger partial charge in [-0.25, -0.2) is 0 Å². The summed E-state index contributed by atoms with van der Waals surface area (Å²) >= 11 is 0. The van der Waals surface area contributed by atoms with Crippen molar-refractivity contribution in [1.82, 2.24) is 0 Å². The molecule has 3 rings (SSSR count). The number of nitrogens with two attached hydrogens (primary N) is 1. The number of nitriles is 1. The van der Waals surface area contributed by atoms with Crippen molar-refractivity contribution in [2.45, 2.75) is 25.4 Å². The highest BCUT2D eigenvalue weighted by Gasteiger charge is 2.32. The summed E-state index contributed by atoms with van der Waals surface area (Å²) in [5, 5.41) is 8.98. The summed E-state index contributed by atoms with van der Waals surface area (Å²) in [6.45, 7) is 2.24. The first-order valence-corrected chi connectivity index (χ1v) is 8.42. The van der Waals surface area contributed by atoms with Crippen molar-refractivity contribution in [2.24, 2.45) is 0 Å². The van der Waals surface area contributed by atoms with E-state index in [2.05, 4.69) is 0 Å². The molecule has 1 aliphatic heterocycles. The molecule has 0 aromatic heterocycles. The molecule has 2 unspecified atom stereocenters. The maximum Gasteiger partial charge on any atom is 0.227 e. The summed E-state index contributed by atoms with van der Waals surface area (Å²) in [7, 11) is 1.56. The molecular formula is C20H21N3O3. The smallest absolute Gasteiger partial charge is 0.227 e. The molecule has 0 spiro atoms. The van der Waals surface area contributed by atoms with Crippen LogP contribution < -0.4 is 20.1 Å². The second kappa shape index (κ2) is 7.36. The Morgan fingerprint density at radius 2 is 2.08 bits per heavy atom. The number of benzene rings is 2. The zero-order chi connectivity index (χ0) is 18.7. The van der Waals surface area contributed by atoms with Crippen LogP contribution in [0.2, 0.25) is 0 Å². The molecule has 1 fully saturated rings. The van der Waals surface area contributed by atoms with Gasteiger partial charge in [-0.3, -0.25) is 4.79 Å². The number of methoxy groups -OCH3 is 1. The standard InChI is InChI=1S/C20H21N3O3/c1-13(11-21)26-19-8-14(6-7-18(19)25-2)15-9-20(24)23(12-15)17-5-3-4-16(22)10-17/h3-8,10,13,15H,9,12,22H2,1-2H3. The molecular weight excluding hydrogens is 330 g/mol. The van der Waals surface area contributed by atoms with Crippen LogP contribution in [0.4, 0.5) is 11.4 Å². The van der Waals surface area contributed by atoms with Crippen LogP contribution in [0.5, 0.6) is 11.5 Å². The van der Waals surface area contributed by atoms with Gasteiger partial charge in [0.2, 0.25) is 5.91 Å². The summed E-state index contributed by atoms with van der Waals surface area (Å²) in [5.74, 6) is 1.17. The van der Waals surface area contributed by atoms with Crippen LogP contribution in [0, 0.1) is 11.3 Å². The molecule has 2 N–H and O–H groups in total. The molecule has 6 nitrogen and oxygen atoms in total. The van der Waals surface area contributed by atoms with Crippen LogP contribution in [0.15, 0.2) is 42.5 Å². The Labute approximate surface area is 152 Å². The quantitative estimate of drug-likeness (QED) is 0.836. The van der Waals surface area contributed by atoms with Crippen molar-refractivity contribution in [3.8, 4) is 17.6 Å². The third-order valence-corrected chi connectivity index (χ3v) is 4.45. The monoisotopic (exact) mass is 351 g/mol. The van der Waals surface area contributed by atoms with Gasteiger partial charge in [-0.05, 0) is 42.8 Å². The van der Waals surface area contributed by atoms with Crippen molar-refractivity contribution in [3.05, 3.63) is 48.0 Å². The number of anilines is 2. The Kier molecular flexibility index (Phi) is 4.99. The molecule has 2 aromatic rings. The molecule has 6 heteroatoms. The molecule has 0 saturated carbocycles. The Morgan fingerprint density at radius 1 is 1.27 bits per heavy atom. The topological polar surface area (TPSA) is 88.6 Å². The number of nitrogens with zero attached hydrogens (tertiary/aromatic N) is 2. The van der Waals surface area contributed by atoms with Crippen molar-refractivity contribution in [3.63, 3.8) is 0 Å². The molecule has 0 bridgehead atoms. The number of rotatable bonds is 5. The minimum Gasteiger partial charge on any atom is -0.493 e. The second-order valence-electron chi connectivity index (χ2n) is 6.30. The molecule has 0 aliphatic carbocycles. The molecule has 1 aliphatic rings. The van der Waals surface area contributed by atoms with Crippen LogP contribution in [-0.2, 0) is 4.79 Å². The number of nitrogen functional groups attached to an aromatic ring is 1. The molecule has 2 aromatic carbocycles. The highest BCUT2D eigenvalue weighted by atomic mass is 16.5. The number of hydrogen-bond donors (Lipinski definition) is 1. The van der Waals surface area contributed by atoms with Crippen molar-refractivity contribution in [1.29, 1.82) is 5.26 Å². The fourth-order valence-corrected chi connectivity index (χ4v) is 3.13. The zero-order valence-electron chi connectivity index (χ0n) is 14.8. The fourth-order valence-electron chi connectivity index (χ4n) is 3.13. The second-order valence-corrected chi connectivity index (χ2v) is 6.30. The molecule has 1 saturated heterocycles. The lowest BCUT2D eigenvalue weighted by Crippen LogP contribution is -2.24. The number of carbonyl (C=O) groups excluding carboxylic acids is 1. The van der Waals surface area contributed by atoms with Gasteiger partial charge >= 0.3 is 0 Å². The van der Waals surface area contributed by atoms with Gasteiger partial charge in [0.25, 0.3) is 0 Å². The maximum absolute atomic E-state index is 12.5. The molecule has 26 heavy (non-hydrogen) atoms. The van der Waals surface area contributed by atoms with Crippen molar-refractivity contribution >= 4 is 17.3 Å². The van der Waals surface area contributed by atoms with Gasteiger partial charge in [0.1, 0.15) is 6.07 Å². The fraction of sp³-hybridized carbons (Fsp3) is 0.300. The van der Waals surface area contributed by atoms with Gasteiger partial charge in [-0.2, -0.15) is 5.26 Å². The van der Waals surface area contributed by atoms with Crippen molar-refractivity contribution in [2.75, 3.05) is 24.3 Å². The van der Waals surface area contributed by atoms with E-state index in [-0.39, 0.29) is 11.8 Å². The van der Waals surface area contributed by atoms with Crippen LogP contribution >= 0.6 is 0 Å². The summed E-state index contributed by atoms with van der Waals surface area (Å²) in [5.41, 5.74) is 8.25. The summed E-state index contributed by atoms with van der Waals surface area (Å²) in [4.78, 5) is 14.2. The highest BCUT2D eigenvalue weighted by molar-refractivity contribution is 5.96. The first-order valence-electron chi connectivity index (χ1n) is 8.42. The third kappa shape index (κ3) is 3.57.